The van der Waals surface area contributed by atoms with Gasteiger partial charge in [0.1, 0.15) is 0 Å². The van der Waals surface area contributed by atoms with Crippen LogP contribution in [0.2, 0.25) is 0 Å². The number of carbonyl (C=O) groups is 2. The Labute approximate surface area is 252 Å². The number of aryl methyl sites for hydroxylation is 1. The predicted octanol–water partition coefficient (Wildman–Crippen LogP) is 3.23. The Kier molecular flexibility index (Phi) is 8.15. The molecule has 2 amide bonds. The van der Waals surface area contributed by atoms with E-state index in [-0.39, 0.29) is 41.3 Å². The summed E-state index contributed by atoms with van der Waals surface area (Å²) in [6, 6.07) is 7.63. The molecule has 6 rings (SSSR count). The Balaban J connectivity index is 1.11. The van der Waals surface area contributed by atoms with Crippen LogP contribution < -0.4 is 26.0 Å². The molecular formula is C31H33F2N7O4. The van der Waals surface area contributed by atoms with Gasteiger partial charge in [0.15, 0.2) is 23.0 Å². The highest BCUT2D eigenvalue weighted by atomic mass is 19.2. The number of nitrogens with one attached hydrogen (secondary N) is 4. The second-order valence-electron chi connectivity index (χ2n) is 11.3. The number of rotatable bonds is 8. The molecule has 4 atom stereocenters. The van der Waals surface area contributed by atoms with E-state index in [1.54, 1.807) is 22.7 Å². The first-order valence-corrected chi connectivity index (χ1v) is 14.5. The number of benzene rings is 2. The average Bonchev–Trinajstić information content (AvgIpc) is 3.75. The number of methoxy groups -OCH3 is 1. The lowest BCUT2D eigenvalue weighted by atomic mass is 10.1. The molecule has 5 N–H and O–H groups in total. The first-order valence-electron chi connectivity index (χ1n) is 14.5. The molecule has 13 heteroatoms. The van der Waals surface area contributed by atoms with Crippen molar-refractivity contribution in [3.05, 3.63) is 71.7 Å². The number of imidazole rings is 1. The number of hydrogen-bond donors (Lipinski definition) is 5. The first-order chi connectivity index (χ1) is 21.2. The maximum Gasteiger partial charge on any atom is 0.251 e. The fraction of sp³-hybridized carbons (Fsp3) is 0.355. The van der Waals surface area contributed by atoms with Crippen LogP contribution >= 0.6 is 0 Å². The van der Waals surface area contributed by atoms with Crippen LogP contribution in [0.15, 0.2) is 48.9 Å². The van der Waals surface area contributed by atoms with E-state index in [9.17, 15) is 23.5 Å². The molecule has 3 heterocycles. The average molecular weight is 606 g/mol. The van der Waals surface area contributed by atoms with Crippen molar-refractivity contribution in [2.45, 2.75) is 56.8 Å². The van der Waals surface area contributed by atoms with E-state index >= 15 is 0 Å². The number of aromatic nitrogens is 3. The zero-order chi connectivity index (χ0) is 31.0. The maximum atomic E-state index is 14.8. The Morgan fingerprint density at radius 2 is 1.86 bits per heavy atom. The molecule has 2 aromatic heterocycles. The van der Waals surface area contributed by atoms with Gasteiger partial charge in [-0.1, -0.05) is 0 Å². The minimum atomic E-state index is -1.08. The number of hydrogen-bond acceptors (Lipinski definition) is 8. The van der Waals surface area contributed by atoms with Crippen molar-refractivity contribution >= 4 is 29.0 Å². The van der Waals surface area contributed by atoms with Gasteiger partial charge in [-0.3, -0.25) is 14.0 Å². The van der Waals surface area contributed by atoms with E-state index in [2.05, 4.69) is 31.2 Å². The summed E-state index contributed by atoms with van der Waals surface area (Å²) < 4.78 is 35.7. The van der Waals surface area contributed by atoms with E-state index in [1.165, 1.54) is 31.6 Å². The van der Waals surface area contributed by atoms with Crippen LogP contribution in [0.5, 0.6) is 5.75 Å². The molecule has 0 radical (unpaired) electrons. The van der Waals surface area contributed by atoms with Crippen molar-refractivity contribution < 1.29 is 28.2 Å². The van der Waals surface area contributed by atoms with Crippen LogP contribution in [0.4, 0.5) is 20.3 Å². The van der Waals surface area contributed by atoms with Gasteiger partial charge in [-0.2, -0.15) is 4.39 Å². The zero-order valence-corrected chi connectivity index (χ0v) is 24.2. The molecule has 230 valence electrons. The molecule has 0 spiro atoms. The van der Waals surface area contributed by atoms with Gasteiger partial charge >= 0.3 is 0 Å². The highest BCUT2D eigenvalue weighted by Crippen LogP contribution is 2.32. The Bertz CT molecular complexity index is 1730. The molecule has 1 saturated carbocycles. The fourth-order valence-corrected chi connectivity index (χ4v) is 5.95. The molecule has 2 aromatic carbocycles. The number of carbonyl (C=O) groups excluding carboxylic acids is 2. The quantitative estimate of drug-likeness (QED) is 0.206. The van der Waals surface area contributed by atoms with Crippen molar-refractivity contribution in [2.75, 3.05) is 19.0 Å². The Morgan fingerprint density at radius 3 is 2.59 bits per heavy atom. The molecule has 1 aliphatic heterocycles. The van der Waals surface area contributed by atoms with Gasteiger partial charge in [0, 0.05) is 47.8 Å². The van der Waals surface area contributed by atoms with Crippen molar-refractivity contribution in [2.24, 2.45) is 0 Å². The van der Waals surface area contributed by atoms with Crippen LogP contribution in [0.25, 0.3) is 16.9 Å². The number of amides is 2. The minimum absolute atomic E-state index is 0.0285. The van der Waals surface area contributed by atoms with Gasteiger partial charge in [-0.05, 0) is 68.5 Å². The lowest BCUT2D eigenvalue weighted by molar-refractivity contribution is -0.123. The predicted molar refractivity (Wildman–Crippen MR) is 159 cm³/mol. The van der Waals surface area contributed by atoms with E-state index in [0.29, 0.717) is 47.8 Å². The highest BCUT2D eigenvalue weighted by molar-refractivity contribution is 5.96. The van der Waals surface area contributed by atoms with Crippen molar-refractivity contribution in [3.63, 3.8) is 0 Å². The van der Waals surface area contributed by atoms with Crippen molar-refractivity contribution in [3.8, 4) is 17.0 Å². The van der Waals surface area contributed by atoms with Gasteiger partial charge in [-0.15, -0.1) is 0 Å². The summed E-state index contributed by atoms with van der Waals surface area (Å²) in [4.78, 5) is 34.4. The second-order valence-corrected chi connectivity index (χ2v) is 11.3. The number of aliphatic hydroxyl groups excluding tert-OH is 1. The topological polar surface area (TPSA) is 142 Å². The summed E-state index contributed by atoms with van der Waals surface area (Å²) in [5.74, 6) is -2.22. The molecule has 4 aromatic rings. The molecule has 2 fully saturated rings. The lowest BCUT2D eigenvalue weighted by Gasteiger charge is -2.18. The second kappa shape index (κ2) is 12.2. The highest BCUT2D eigenvalue weighted by Gasteiger charge is 2.32. The monoisotopic (exact) mass is 605 g/mol. The Hall–Kier alpha value is -4.62. The van der Waals surface area contributed by atoms with E-state index in [0.717, 1.165) is 18.4 Å². The summed E-state index contributed by atoms with van der Waals surface area (Å²) in [5.41, 5.74) is 2.71. The number of aliphatic hydroxyl groups is 1. The van der Waals surface area contributed by atoms with Crippen molar-refractivity contribution in [1.29, 1.82) is 0 Å². The van der Waals surface area contributed by atoms with Gasteiger partial charge < -0.3 is 31.1 Å². The van der Waals surface area contributed by atoms with E-state index in [4.69, 9.17) is 4.74 Å². The fourth-order valence-electron chi connectivity index (χ4n) is 5.95. The summed E-state index contributed by atoms with van der Waals surface area (Å²) >= 11 is 0. The van der Waals surface area contributed by atoms with Gasteiger partial charge in [0.2, 0.25) is 11.7 Å². The van der Waals surface area contributed by atoms with Crippen molar-refractivity contribution in [1.82, 2.24) is 30.3 Å². The molecule has 11 nitrogen and oxygen atoms in total. The van der Waals surface area contributed by atoms with Gasteiger partial charge in [0.25, 0.3) is 5.91 Å². The molecule has 1 saturated heterocycles. The molecule has 2 aliphatic rings. The third kappa shape index (κ3) is 5.80. The summed E-state index contributed by atoms with van der Waals surface area (Å²) in [6.45, 7) is 2.25. The normalized spacial score (nSPS) is 21.4. The van der Waals surface area contributed by atoms with Crippen LogP contribution in [0, 0.1) is 18.6 Å². The third-order valence-corrected chi connectivity index (χ3v) is 8.24. The lowest BCUT2D eigenvalue weighted by Crippen LogP contribution is -2.45. The summed E-state index contributed by atoms with van der Waals surface area (Å²) in [6.07, 6.45) is 6.64. The molecule has 1 aliphatic carbocycles. The number of fused-ring (bicyclic) bond motifs is 1. The van der Waals surface area contributed by atoms with Crippen LogP contribution in [-0.4, -0.2) is 69.2 Å². The molecule has 44 heavy (non-hydrogen) atoms. The Morgan fingerprint density at radius 1 is 1.07 bits per heavy atom. The number of β-amino-alcohol motifs (C(OH)–C–C–N with tert-alkyl or cyclic N) is 1. The van der Waals surface area contributed by atoms with Gasteiger partial charge in [-0.25, -0.2) is 14.4 Å². The summed E-state index contributed by atoms with van der Waals surface area (Å²) in [7, 11) is 1.27. The van der Waals surface area contributed by atoms with E-state index in [1.807, 2.05) is 13.0 Å². The minimum Gasteiger partial charge on any atom is -0.494 e. The molecular weight excluding hydrogens is 572 g/mol. The smallest absolute Gasteiger partial charge is 0.251 e. The SMILES string of the molecule is COc1ccc(-c2cnc3c(Nc4ccc(C(=O)NC5CCC(NC(=O)[C@@H]6C[C@@H](O)CN6)C5)c(C)c4)nccn23)c(F)c1F. The standard InChI is InChI=1S/C31H33F2N7O4/c1-16-11-17(5-6-21(16)30(42)38-18-3-4-19(12-18)39-31(43)23-13-20(41)14-35-23)37-28-29-36-15-24(40(29)10-9-34-28)22-7-8-25(44-2)27(33)26(22)32/h5-11,15,18-20,23,35,41H,3-4,12-14H2,1-2H3,(H,34,37)(H,38,42)(H,39,43)/t18?,19?,20-,23+/m1/s1. The van der Waals surface area contributed by atoms with Crippen LogP contribution in [0.1, 0.15) is 41.6 Å². The van der Waals surface area contributed by atoms with Crippen LogP contribution in [-0.2, 0) is 4.79 Å². The molecule has 2 unspecified atom stereocenters. The zero-order valence-electron chi connectivity index (χ0n) is 24.2. The number of halogens is 2. The largest absolute Gasteiger partial charge is 0.494 e. The number of ether oxygens (including phenoxy) is 1. The summed E-state index contributed by atoms with van der Waals surface area (Å²) in [5, 5.41) is 22.0. The van der Waals surface area contributed by atoms with E-state index < -0.39 is 17.7 Å². The molecule has 0 bridgehead atoms. The first kappa shape index (κ1) is 29.5. The maximum absolute atomic E-state index is 14.8. The third-order valence-electron chi connectivity index (χ3n) is 8.24. The van der Waals surface area contributed by atoms with Gasteiger partial charge in [0.05, 0.1) is 31.1 Å². The number of nitrogens with zero attached hydrogens (tertiary/aromatic N) is 3. The van der Waals surface area contributed by atoms with Crippen LogP contribution in [0.3, 0.4) is 0 Å². The number of anilines is 2.